The summed E-state index contributed by atoms with van der Waals surface area (Å²) in [4.78, 5) is 3.88. The third kappa shape index (κ3) is 1.60. The maximum absolute atomic E-state index is 8.96. The quantitative estimate of drug-likeness (QED) is 0.289. The molecule has 0 aromatic rings. The minimum absolute atomic E-state index is 0.348. The number of aliphatic hydroxyl groups excluding tert-OH is 1. The summed E-state index contributed by atoms with van der Waals surface area (Å²) in [5, 5.41) is 22.0. The second-order valence-electron chi connectivity index (χ2n) is 1.92. The van der Waals surface area contributed by atoms with E-state index in [2.05, 4.69) is 15.6 Å². The number of aliphatic hydroxyl groups is 1. The molecule has 1 heterocycles. The molecule has 54 valence electrons. The zero-order chi connectivity index (χ0) is 7.40. The van der Waals surface area contributed by atoms with Crippen molar-refractivity contribution in [2.45, 2.75) is 12.6 Å². The Kier molecular flexibility index (Phi) is 2.07. The van der Waals surface area contributed by atoms with E-state index in [9.17, 15) is 0 Å². The molecule has 0 saturated heterocycles. The van der Waals surface area contributed by atoms with E-state index in [1.165, 1.54) is 0 Å². The highest BCUT2D eigenvalue weighted by atomic mass is 16.3. The van der Waals surface area contributed by atoms with Gasteiger partial charge in [-0.05, 0) is 0 Å². The summed E-state index contributed by atoms with van der Waals surface area (Å²) in [6.45, 7) is 0.554. The Balaban J connectivity index is 2.45. The number of nitriles is 1. The molecule has 0 amide bonds. The maximum Gasteiger partial charge on any atom is 0.206 e. The van der Waals surface area contributed by atoms with Gasteiger partial charge in [0.15, 0.2) is 6.19 Å². The molecular weight excluding hydrogens is 132 g/mol. The molecular formula is C5H8N4O. The summed E-state index contributed by atoms with van der Waals surface area (Å²) in [5.41, 5.74) is 0. The lowest BCUT2D eigenvalue weighted by Crippen LogP contribution is -2.44. The number of hydrogen-bond acceptors (Lipinski definition) is 5. The second kappa shape index (κ2) is 3.03. The molecule has 0 aromatic carbocycles. The molecule has 1 atom stereocenters. The van der Waals surface area contributed by atoms with Crippen LogP contribution in [0.5, 0.6) is 0 Å². The smallest absolute Gasteiger partial charge is 0.206 e. The lowest BCUT2D eigenvalue weighted by atomic mass is 10.3. The number of nitrogens with zero attached hydrogens (tertiary/aromatic N) is 2. The van der Waals surface area contributed by atoms with Gasteiger partial charge in [0.05, 0.1) is 0 Å². The fourth-order valence-electron chi connectivity index (χ4n) is 0.703. The fraction of sp³-hybridized carbons (Fsp3) is 0.600. The third-order valence-electron chi connectivity index (χ3n) is 1.15. The molecule has 0 aliphatic carbocycles. The van der Waals surface area contributed by atoms with E-state index in [-0.39, 0.29) is 0 Å². The Morgan fingerprint density at radius 2 is 2.70 bits per heavy atom. The van der Waals surface area contributed by atoms with Crippen LogP contribution in [0.15, 0.2) is 4.99 Å². The lowest BCUT2D eigenvalue weighted by molar-refractivity contribution is 0.146. The van der Waals surface area contributed by atoms with Crippen LogP contribution in [0.1, 0.15) is 6.42 Å². The molecule has 0 saturated carbocycles. The van der Waals surface area contributed by atoms with Crippen LogP contribution in [-0.2, 0) is 0 Å². The molecule has 10 heavy (non-hydrogen) atoms. The van der Waals surface area contributed by atoms with Gasteiger partial charge in [-0.2, -0.15) is 5.26 Å². The maximum atomic E-state index is 8.96. The number of nitrogens with one attached hydrogen (secondary N) is 2. The summed E-state index contributed by atoms with van der Waals surface area (Å²) >= 11 is 0. The summed E-state index contributed by atoms with van der Waals surface area (Å²) in [5.74, 6) is 0.348. The van der Waals surface area contributed by atoms with E-state index < -0.39 is 6.23 Å². The zero-order valence-corrected chi connectivity index (χ0v) is 5.33. The van der Waals surface area contributed by atoms with Crippen LogP contribution in [0.4, 0.5) is 0 Å². The Bertz CT molecular complexity index is 183. The van der Waals surface area contributed by atoms with Crippen LogP contribution in [0, 0.1) is 11.5 Å². The van der Waals surface area contributed by atoms with Crippen molar-refractivity contribution in [1.29, 1.82) is 5.26 Å². The van der Waals surface area contributed by atoms with E-state index in [1.54, 1.807) is 6.19 Å². The first-order chi connectivity index (χ1) is 4.83. The van der Waals surface area contributed by atoms with Gasteiger partial charge in [-0.25, -0.2) is 0 Å². The fourth-order valence-corrected chi connectivity index (χ4v) is 0.703. The van der Waals surface area contributed by atoms with E-state index in [4.69, 9.17) is 10.4 Å². The molecule has 5 heteroatoms. The molecule has 5 nitrogen and oxygen atoms in total. The topological polar surface area (TPSA) is 80.4 Å². The summed E-state index contributed by atoms with van der Waals surface area (Å²) < 4.78 is 0. The highest BCUT2D eigenvalue weighted by molar-refractivity contribution is 5.81. The van der Waals surface area contributed by atoms with E-state index in [0.717, 1.165) is 0 Å². The van der Waals surface area contributed by atoms with Gasteiger partial charge < -0.3 is 10.4 Å². The number of rotatable bonds is 0. The van der Waals surface area contributed by atoms with Gasteiger partial charge in [0, 0.05) is 13.0 Å². The van der Waals surface area contributed by atoms with Crippen LogP contribution in [0.25, 0.3) is 0 Å². The van der Waals surface area contributed by atoms with Crippen LogP contribution < -0.4 is 10.6 Å². The Hall–Kier alpha value is -1.28. The molecule has 0 spiro atoms. The monoisotopic (exact) mass is 140 g/mol. The van der Waals surface area contributed by atoms with Gasteiger partial charge >= 0.3 is 0 Å². The average Bonchev–Trinajstić information content (AvgIpc) is 1.88. The van der Waals surface area contributed by atoms with Crippen LogP contribution in [0.2, 0.25) is 0 Å². The van der Waals surface area contributed by atoms with Gasteiger partial charge in [-0.3, -0.25) is 10.3 Å². The normalized spacial score (nSPS) is 24.0. The van der Waals surface area contributed by atoms with Gasteiger partial charge in [-0.1, -0.05) is 0 Å². The van der Waals surface area contributed by atoms with Gasteiger partial charge in [0.2, 0.25) is 5.96 Å². The van der Waals surface area contributed by atoms with Gasteiger partial charge in [0.1, 0.15) is 6.23 Å². The van der Waals surface area contributed by atoms with Crippen LogP contribution in [0.3, 0.4) is 0 Å². The molecule has 3 N–H and O–H groups in total. The number of aliphatic imine (C=N–C) groups is 1. The van der Waals surface area contributed by atoms with E-state index in [1.807, 2.05) is 0 Å². The van der Waals surface area contributed by atoms with E-state index >= 15 is 0 Å². The van der Waals surface area contributed by atoms with E-state index in [0.29, 0.717) is 18.9 Å². The predicted octanol–water partition coefficient (Wildman–Crippen LogP) is -1.28. The van der Waals surface area contributed by atoms with Crippen molar-refractivity contribution in [2.75, 3.05) is 6.54 Å². The summed E-state index contributed by atoms with van der Waals surface area (Å²) in [6, 6.07) is 0. The lowest BCUT2D eigenvalue weighted by Gasteiger charge is -2.17. The van der Waals surface area contributed by atoms with Crippen LogP contribution >= 0.6 is 0 Å². The van der Waals surface area contributed by atoms with Crippen LogP contribution in [-0.4, -0.2) is 23.8 Å². The molecule has 1 rings (SSSR count). The van der Waals surface area contributed by atoms with Crippen molar-refractivity contribution in [2.24, 2.45) is 4.99 Å². The highest BCUT2D eigenvalue weighted by Crippen LogP contribution is 1.93. The third-order valence-corrected chi connectivity index (χ3v) is 1.15. The number of hydrogen-bond donors (Lipinski definition) is 3. The molecule has 0 aromatic heterocycles. The zero-order valence-electron chi connectivity index (χ0n) is 5.33. The van der Waals surface area contributed by atoms with Gasteiger partial charge in [0.25, 0.3) is 0 Å². The van der Waals surface area contributed by atoms with Crippen molar-refractivity contribution in [3.05, 3.63) is 0 Å². The Morgan fingerprint density at radius 3 is 3.30 bits per heavy atom. The van der Waals surface area contributed by atoms with Crippen molar-refractivity contribution in [1.82, 2.24) is 10.6 Å². The molecule has 0 bridgehead atoms. The SMILES string of the molecule is N#CNC1=NCCC(O)N1. The highest BCUT2D eigenvalue weighted by Gasteiger charge is 2.10. The van der Waals surface area contributed by atoms with Crippen molar-refractivity contribution >= 4 is 5.96 Å². The van der Waals surface area contributed by atoms with Crippen molar-refractivity contribution in [3.8, 4) is 6.19 Å². The van der Waals surface area contributed by atoms with Gasteiger partial charge in [-0.15, -0.1) is 0 Å². The molecule has 1 aliphatic rings. The molecule has 1 unspecified atom stereocenters. The molecule has 1 aliphatic heterocycles. The summed E-state index contributed by atoms with van der Waals surface area (Å²) in [6.07, 6.45) is 1.72. The minimum atomic E-state index is -0.576. The standard InChI is InChI=1S/C5H8N4O/c6-3-8-5-7-2-1-4(10)9-5/h4,10H,1-2H2,(H2,7,8,9). The number of guanidine groups is 1. The van der Waals surface area contributed by atoms with Crippen molar-refractivity contribution in [3.63, 3.8) is 0 Å². The second-order valence-corrected chi connectivity index (χ2v) is 1.92. The summed E-state index contributed by atoms with van der Waals surface area (Å²) in [7, 11) is 0. The first kappa shape index (κ1) is 6.83. The predicted molar refractivity (Wildman–Crippen MR) is 34.8 cm³/mol. The van der Waals surface area contributed by atoms with Crippen molar-refractivity contribution < 1.29 is 5.11 Å². The average molecular weight is 140 g/mol. The largest absolute Gasteiger partial charge is 0.374 e. The Morgan fingerprint density at radius 1 is 1.90 bits per heavy atom. The molecule has 0 fully saturated rings. The molecule has 0 radical (unpaired) electrons. The first-order valence-electron chi connectivity index (χ1n) is 2.97. The minimum Gasteiger partial charge on any atom is -0.374 e. The first-order valence-corrected chi connectivity index (χ1v) is 2.97. The Labute approximate surface area is 58.4 Å².